The number of H-pyrrole nitrogens is 1. The number of likely N-dealkylation sites (N-methyl/N-ethyl adjacent to an activating group) is 1. The molecule has 0 unspecified atom stereocenters. The number of nitrogens with zero attached hydrogens (tertiary/aromatic N) is 2. The summed E-state index contributed by atoms with van der Waals surface area (Å²) in [6.45, 7) is 10.5. The van der Waals surface area contributed by atoms with Gasteiger partial charge in [-0.15, -0.1) is 0 Å². The standard InChI is InChI=1S/C35H41F2N5O6SSi/c1-35(2)47-31-26(40-49(45,46)11-12-50(4,5)6)16-39-27(32(31)48-35)18-42-17-24(22-14-20(37)8-10-28(22)42)30-29(33(43)41(3)34(30)44)23-15-38-25-9-7-19(36)13-21(23)25/h7-10,13-15,17,26-27,31-32,38-40H,11-12,16,18H2,1-6H3/t26-,27-,31+,32+/m0/s1. The number of hydrogen-bond donors (Lipinski definition) is 3. The average molecular weight is 726 g/mol. The van der Waals surface area contributed by atoms with Crippen LogP contribution in [-0.4, -0.2) is 92.2 Å². The molecule has 5 heterocycles. The number of aromatic amines is 1. The van der Waals surface area contributed by atoms with Crippen LogP contribution in [0.5, 0.6) is 0 Å². The molecular weight excluding hydrogens is 685 g/mol. The van der Waals surface area contributed by atoms with Crippen LogP contribution in [0.15, 0.2) is 48.8 Å². The van der Waals surface area contributed by atoms with Gasteiger partial charge in [0.05, 0.1) is 29.0 Å². The second-order valence-corrected chi connectivity index (χ2v) is 22.6. The molecule has 2 saturated heterocycles. The maximum Gasteiger partial charge on any atom is 0.261 e. The van der Waals surface area contributed by atoms with E-state index in [1.165, 1.54) is 31.3 Å². The lowest BCUT2D eigenvalue weighted by atomic mass is 9.94. The van der Waals surface area contributed by atoms with Crippen molar-refractivity contribution >= 4 is 62.9 Å². The Labute approximate surface area is 290 Å². The summed E-state index contributed by atoms with van der Waals surface area (Å²) in [7, 11) is -3.80. The molecule has 0 aliphatic carbocycles. The SMILES string of the molecule is CN1C(=O)C(c2c[nH]c3ccc(F)cc23)=C(c2cn(C[C@@H]3NC[C@H](NS(=O)(=O)CC[Si](C)(C)C)[C@H]4OC(C)(C)O[C@@H]43)c3ccc(F)cc23)C1=O. The Morgan fingerprint density at radius 2 is 1.60 bits per heavy atom. The number of carbonyl (C=O) groups excluding carboxylic acids is 2. The van der Waals surface area contributed by atoms with E-state index in [0.29, 0.717) is 39.0 Å². The quantitative estimate of drug-likeness (QED) is 0.172. The van der Waals surface area contributed by atoms with Crippen molar-refractivity contribution in [3.8, 4) is 0 Å². The first-order chi connectivity index (χ1) is 23.4. The van der Waals surface area contributed by atoms with Gasteiger partial charge in [0, 0.05) is 73.5 Å². The predicted molar refractivity (Wildman–Crippen MR) is 189 cm³/mol. The van der Waals surface area contributed by atoms with Crippen molar-refractivity contribution in [1.82, 2.24) is 24.5 Å². The lowest BCUT2D eigenvalue weighted by molar-refractivity contribution is -0.148. The molecule has 0 bridgehead atoms. The number of rotatable bonds is 9. The largest absolute Gasteiger partial charge is 0.361 e. The van der Waals surface area contributed by atoms with Crippen LogP contribution in [0.1, 0.15) is 25.0 Å². The van der Waals surface area contributed by atoms with Gasteiger partial charge in [0.25, 0.3) is 11.8 Å². The van der Waals surface area contributed by atoms with Crippen LogP contribution in [0.3, 0.4) is 0 Å². The summed E-state index contributed by atoms with van der Waals surface area (Å²) in [6, 6.07) is 8.14. The summed E-state index contributed by atoms with van der Waals surface area (Å²) in [5.74, 6) is -3.07. The molecule has 11 nitrogen and oxygen atoms in total. The highest BCUT2D eigenvalue weighted by atomic mass is 32.2. The van der Waals surface area contributed by atoms with Gasteiger partial charge < -0.3 is 24.3 Å². The third-order valence-electron chi connectivity index (χ3n) is 9.71. The van der Waals surface area contributed by atoms with Crippen molar-refractivity contribution in [2.24, 2.45) is 0 Å². The Morgan fingerprint density at radius 3 is 2.30 bits per heavy atom. The number of benzene rings is 2. The highest BCUT2D eigenvalue weighted by Gasteiger charge is 2.52. The van der Waals surface area contributed by atoms with E-state index < -0.39 is 65.6 Å². The Kier molecular flexibility index (Phi) is 8.47. The summed E-state index contributed by atoms with van der Waals surface area (Å²) in [5.41, 5.74) is 2.09. The molecule has 7 rings (SSSR count). The van der Waals surface area contributed by atoms with Crippen molar-refractivity contribution in [2.45, 2.75) is 76.2 Å². The summed E-state index contributed by atoms with van der Waals surface area (Å²) in [5, 5.41) is 4.32. The van der Waals surface area contributed by atoms with Gasteiger partial charge in [0.2, 0.25) is 10.0 Å². The van der Waals surface area contributed by atoms with Crippen molar-refractivity contribution in [1.29, 1.82) is 0 Å². The van der Waals surface area contributed by atoms with Gasteiger partial charge >= 0.3 is 0 Å². The monoisotopic (exact) mass is 725 g/mol. The maximum absolute atomic E-state index is 14.9. The Morgan fingerprint density at radius 1 is 0.960 bits per heavy atom. The number of fused-ring (bicyclic) bond motifs is 3. The molecule has 4 atom stereocenters. The molecule has 4 aromatic rings. The maximum atomic E-state index is 14.9. The summed E-state index contributed by atoms with van der Waals surface area (Å²) in [6.07, 6.45) is 2.16. The molecule has 2 aromatic heterocycles. The van der Waals surface area contributed by atoms with Crippen LogP contribution in [0, 0.1) is 11.6 Å². The molecule has 2 fully saturated rings. The molecule has 3 N–H and O–H groups in total. The van der Waals surface area contributed by atoms with Crippen LogP contribution in [0.25, 0.3) is 33.0 Å². The van der Waals surface area contributed by atoms with E-state index >= 15 is 0 Å². The van der Waals surface area contributed by atoms with Gasteiger partial charge in [-0.3, -0.25) is 14.5 Å². The van der Waals surface area contributed by atoms with Crippen LogP contribution in [-0.2, 0) is 35.6 Å². The van der Waals surface area contributed by atoms with Crippen LogP contribution in [0.2, 0.25) is 25.7 Å². The Bertz CT molecular complexity index is 2190. The van der Waals surface area contributed by atoms with Gasteiger partial charge in [-0.05, 0) is 56.3 Å². The third kappa shape index (κ3) is 6.35. The molecule has 15 heteroatoms. The minimum absolute atomic E-state index is 0.0424. The molecule has 3 aliphatic rings. The number of sulfonamides is 1. The van der Waals surface area contributed by atoms with Gasteiger partial charge in [-0.25, -0.2) is 21.9 Å². The lowest BCUT2D eigenvalue weighted by Gasteiger charge is -2.38. The van der Waals surface area contributed by atoms with Crippen LogP contribution < -0.4 is 10.0 Å². The second-order valence-electron chi connectivity index (χ2n) is 15.1. The van der Waals surface area contributed by atoms with E-state index in [2.05, 4.69) is 34.7 Å². The molecular formula is C35H41F2N5O6SSi. The third-order valence-corrected chi connectivity index (χ3v) is 13.2. The normalized spacial score (nSPS) is 24.3. The van der Waals surface area contributed by atoms with Gasteiger partial charge in [0.1, 0.15) is 23.8 Å². The zero-order chi connectivity index (χ0) is 35.9. The highest BCUT2D eigenvalue weighted by molar-refractivity contribution is 7.89. The Hall–Kier alpha value is -3.73. The average Bonchev–Trinajstić information content (AvgIpc) is 3.75. The van der Waals surface area contributed by atoms with Crippen LogP contribution in [0.4, 0.5) is 8.78 Å². The fourth-order valence-corrected chi connectivity index (χ4v) is 11.6. The van der Waals surface area contributed by atoms with Gasteiger partial charge in [0.15, 0.2) is 5.79 Å². The first-order valence-corrected chi connectivity index (χ1v) is 22.0. The van der Waals surface area contributed by atoms with E-state index in [1.54, 1.807) is 38.4 Å². The molecule has 0 radical (unpaired) electrons. The predicted octanol–water partition coefficient (Wildman–Crippen LogP) is 4.43. The number of aromatic nitrogens is 2. The number of amides is 2. The number of halogens is 2. The van der Waals surface area contributed by atoms with Crippen molar-refractivity contribution in [2.75, 3.05) is 19.3 Å². The number of carbonyl (C=O) groups is 2. The summed E-state index contributed by atoms with van der Waals surface area (Å²) < 4.78 is 72.8. The number of hydrogen-bond acceptors (Lipinski definition) is 7. The zero-order valence-corrected chi connectivity index (χ0v) is 30.6. The van der Waals surface area contributed by atoms with E-state index in [-0.39, 0.29) is 36.0 Å². The number of ether oxygens (including phenoxy) is 2. The number of nitrogens with one attached hydrogen (secondary N) is 3. The minimum Gasteiger partial charge on any atom is -0.361 e. The molecule has 50 heavy (non-hydrogen) atoms. The molecule has 3 aliphatic heterocycles. The van der Waals surface area contributed by atoms with E-state index in [1.807, 2.05) is 4.57 Å². The minimum atomic E-state index is -3.58. The van der Waals surface area contributed by atoms with Crippen molar-refractivity contribution < 1.29 is 36.3 Å². The second kappa shape index (κ2) is 12.2. The van der Waals surface area contributed by atoms with Gasteiger partial charge in [-0.1, -0.05) is 19.6 Å². The number of piperidine rings is 1. The Balaban J connectivity index is 1.26. The molecule has 2 aromatic carbocycles. The smallest absolute Gasteiger partial charge is 0.261 e. The molecule has 2 amide bonds. The van der Waals surface area contributed by atoms with Crippen molar-refractivity contribution in [3.05, 3.63) is 71.6 Å². The van der Waals surface area contributed by atoms with E-state index in [4.69, 9.17) is 9.47 Å². The fraction of sp³-hybridized carbons (Fsp3) is 0.429. The fourth-order valence-electron chi connectivity index (χ4n) is 7.23. The lowest BCUT2D eigenvalue weighted by Crippen LogP contribution is -2.64. The first kappa shape index (κ1) is 34.7. The number of imide groups is 1. The van der Waals surface area contributed by atoms with E-state index in [0.717, 1.165) is 4.90 Å². The zero-order valence-electron chi connectivity index (χ0n) is 28.8. The van der Waals surface area contributed by atoms with E-state index in [9.17, 15) is 26.8 Å². The van der Waals surface area contributed by atoms with Crippen LogP contribution >= 0.6 is 0 Å². The molecule has 266 valence electrons. The first-order valence-electron chi connectivity index (χ1n) is 16.6. The van der Waals surface area contributed by atoms with Crippen molar-refractivity contribution in [3.63, 3.8) is 0 Å². The molecule has 0 spiro atoms. The highest BCUT2D eigenvalue weighted by Crippen LogP contribution is 2.42. The summed E-state index contributed by atoms with van der Waals surface area (Å²) >= 11 is 0. The topological polar surface area (TPSA) is 135 Å². The summed E-state index contributed by atoms with van der Waals surface area (Å²) in [4.78, 5) is 31.5. The van der Waals surface area contributed by atoms with Gasteiger partial charge in [-0.2, -0.15) is 0 Å². The molecule has 0 saturated carbocycles.